The number of benzene rings is 1. The summed E-state index contributed by atoms with van der Waals surface area (Å²) in [6.45, 7) is 0.490. The Morgan fingerprint density at radius 3 is 2.52 bits per heavy atom. The summed E-state index contributed by atoms with van der Waals surface area (Å²) in [6, 6.07) is 6.47. The maximum absolute atomic E-state index is 11.8. The third-order valence-corrected chi connectivity index (χ3v) is 3.87. The molecular formula is C15H19ClN2O3. The van der Waals surface area contributed by atoms with Crippen LogP contribution in [0, 0.1) is 5.92 Å². The van der Waals surface area contributed by atoms with Gasteiger partial charge in [-0.15, -0.1) is 0 Å². The van der Waals surface area contributed by atoms with Crippen molar-refractivity contribution in [2.24, 2.45) is 5.92 Å². The number of amides is 2. The summed E-state index contributed by atoms with van der Waals surface area (Å²) >= 11 is 5.74. The molecule has 0 spiro atoms. The second-order valence-corrected chi connectivity index (χ2v) is 5.76. The van der Waals surface area contributed by atoms with E-state index in [9.17, 15) is 14.7 Å². The number of aliphatic hydroxyl groups excluding tert-OH is 1. The SMILES string of the molecule is O=C(CNC(=O)c1ccc(Cl)cc1)NCC1CCC(O)C1. The smallest absolute Gasteiger partial charge is 0.251 e. The Labute approximate surface area is 128 Å². The van der Waals surface area contributed by atoms with Gasteiger partial charge >= 0.3 is 0 Å². The van der Waals surface area contributed by atoms with E-state index in [2.05, 4.69) is 10.6 Å². The summed E-state index contributed by atoms with van der Waals surface area (Å²) in [4.78, 5) is 23.5. The predicted molar refractivity (Wildman–Crippen MR) is 80.1 cm³/mol. The third-order valence-electron chi connectivity index (χ3n) is 3.62. The van der Waals surface area contributed by atoms with E-state index in [1.165, 1.54) is 0 Å². The molecule has 0 aromatic heterocycles. The molecule has 0 radical (unpaired) electrons. The zero-order chi connectivity index (χ0) is 15.2. The Morgan fingerprint density at radius 1 is 1.19 bits per heavy atom. The maximum atomic E-state index is 11.8. The normalized spacial score (nSPS) is 21.0. The fraction of sp³-hybridized carbons (Fsp3) is 0.467. The average molecular weight is 311 g/mol. The quantitative estimate of drug-likeness (QED) is 0.768. The Bertz CT molecular complexity index is 504. The lowest BCUT2D eigenvalue weighted by Crippen LogP contribution is -2.38. The number of carbonyl (C=O) groups excluding carboxylic acids is 2. The maximum Gasteiger partial charge on any atom is 0.251 e. The van der Waals surface area contributed by atoms with E-state index < -0.39 is 0 Å². The van der Waals surface area contributed by atoms with Gasteiger partial charge in [-0.1, -0.05) is 11.6 Å². The highest BCUT2D eigenvalue weighted by Crippen LogP contribution is 2.24. The highest BCUT2D eigenvalue weighted by molar-refractivity contribution is 6.30. The van der Waals surface area contributed by atoms with Crippen molar-refractivity contribution in [3.05, 3.63) is 34.9 Å². The molecule has 1 aliphatic rings. The first-order valence-electron chi connectivity index (χ1n) is 7.03. The van der Waals surface area contributed by atoms with Gasteiger partial charge in [0.25, 0.3) is 5.91 Å². The molecule has 1 aliphatic carbocycles. The molecule has 1 aromatic carbocycles. The molecule has 2 atom stereocenters. The Kier molecular flexibility index (Phi) is 5.59. The van der Waals surface area contributed by atoms with Crippen molar-refractivity contribution in [1.82, 2.24) is 10.6 Å². The first-order valence-corrected chi connectivity index (χ1v) is 7.41. The standard InChI is InChI=1S/C15H19ClN2O3/c16-12-4-2-11(3-5-12)15(21)18-9-14(20)17-8-10-1-6-13(19)7-10/h2-5,10,13,19H,1,6-9H2,(H,17,20)(H,18,21). The molecule has 114 valence electrons. The topological polar surface area (TPSA) is 78.4 Å². The van der Waals surface area contributed by atoms with Gasteiger partial charge in [0.1, 0.15) is 0 Å². The largest absolute Gasteiger partial charge is 0.393 e. The van der Waals surface area contributed by atoms with Crippen molar-refractivity contribution in [1.29, 1.82) is 0 Å². The molecule has 2 amide bonds. The molecule has 3 N–H and O–H groups in total. The lowest BCUT2D eigenvalue weighted by molar-refractivity contribution is -0.120. The van der Waals surface area contributed by atoms with Crippen LogP contribution in [0.25, 0.3) is 0 Å². The van der Waals surface area contributed by atoms with Gasteiger partial charge in [-0.2, -0.15) is 0 Å². The molecule has 0 aliphatic heterocycles. The van der Waals surface area contributed by atoms with E-state index in [0.717, 1.165) is 19.3 Å². The molecule has 6 heteroatoms. The second-order valence-electron chi connectivity index (χ2n) is 5.33. The van der Waals surface area contributed by atoms with Crippen molar-refractivity contribution < 1.29 is 14.7 Å². The average Bonchev–Trinajstić information content (AvgIpc) is 2.89. The monoisotopic (exact) mass is 310 g/mol. The summed E-state index contributed by atoms with van der Waals surface area (Å²) < 4.78 is 0. The van der Waals surface area contributed by atoms with Gasteiger partial charge in [0.15, 0.2) is 0 Å². The molecule has 0 heterocycles. The molecule has 21 heavy (non-hydrogen) atoms. The number of hydrogen-bond donors (Lipinski definition) is 3. The number of aliphatic hydroxyl groups is 1. The Hall–Kier alpha value is -1.59. The molecule has 1 aromatic rings. The Morgan fingerprint density at radius 2 is 1.90 bits per heavy atom. The van der Waals surface area contributed by atoms with Crippen LogP contribution in [0.2, 0.25) is 5.02 Å². The van der Waals surface area contributed by atoms with E-state index in [0.29, 0.717) is 23.0 Å². The van der Waals surface area contributed by atoms with Gasteiger partial charge in [-0.25, -0.2) is 0 Å². The predicted octanol–water partition coefficient (Wildman–Crippen LogP) is 1.35. The fourth-order valence-electron chi connectivity index (χ4n) is 2.42. The van der Waals surface area contributed by atoms with Crippen LogP contribution >= 0.6 is 11.6 Å². The van der Waals surface area contributed by atoms with Crippen LogP contribution in [-0.4, -0.2) is 36.1 Å². The number of nitrogens with one attached hydrogen (secondary N) is 2. The van der Waals surface area contributed by atoms with E-state index in [-0.39, 0.29) is 24.5 Å². The minimum atomic E-state index is -0.307. The van der Waals surface area contributed by atoms with Gasteiger partial charge in [0.05, 0.1) is 12.6 Å². The lowest BCUT2D eigenvalue weighted by Gasteiger charge is -2.11. The summed E-state index contributed by atoms with van der Waals surface area (Å²) in [7, 11) is 0. The van der Waals surface area contributed by atoms with Crippen LogP contribution in [0.3, 0.4) is 0 Å². The number of halogens is 1. The Balaban J connectivity index is 1.68. The first-order chi connectivity index (χ1) is 10.0. The lowest BCUT2D eigenvalue weighted by atomic mass is 10.1. The molecule has 2 unspecified atom stereocenters. The third kappa shape index (κ3) is 5.02. The van der Waals surface area contributed by atoms with E-state index >= 15 is 0 Å². The van der Waals surface area contributed by atoms with E-state index in [1.807, 2.05) is 0 Å². The van der Waals surface area contributed by atoms with Crippen LogP contribution in [-0.2, 0) is 4.79 Å². The number of hydrogen-bond acceptors (Lipinski definition) is 3. The first kappa shape index (κ1) is 15.8. The summed E-state index contributed by atoms with van der Waals surface area (Å²) in [5.41, 5.74) is 0.464. The van der Waals surface area contributed by atoms with Crippen molar-refractivity contribution >= 4 is 23.4 Å². The number of carbonyl (C=O) groups is 2. The number of rotatable bonds is 5. The minimum absolute atomic E-state index is 0.0588. The van der Waals surface area contributed by atoms with Gasteiger partial charge in [0, 0.05) is 17.1 Å². The summed E-state index contributed by atoms with van der Waals surface area (Å²) in [6.07, 6.45) is 2.22. The van der Waals surface area contributed by atoms with Gasteiger partial charge in [-0.3, -0.25) is 9.59 Å². The molecule has 1 fully saturated rings. The molecule has 0 bridgehead atoms. The van der Waals surface area contributed by atoms with Crippen LogP contribution in [0.4, 0.5) is 0 Å². The van der Waals surface area contributed by atoms with Crippen LogP contribution in [0.5, 0.6) is 0 Å². The highest BCUT2D eigenvalue weighted by atomic mass is 35.5. The second kappa shape index (κ2) is 7.43. The zero-order valence-electron chi connectivity index (χ0n) is 11.6. The zero-order valence-corrected chi connectivity index (χ0v) is 12.4. The van der Waals surface area contributed by atoms with Crippen molar-refractivity contribution in [3.63, 3.8) is 0 Å². The summed E-state index contributed by atoms with van der Waals surface area (Å²) in [5.74, 6) is -0.201. The van der Waals surface area contributed by atoms with Crippen molar-refractivity contribution in [3.8, 4) is 0 Å². The highest BCUT2D eigenvalue weighted by Gasteiger charge is 2.22. The molecular weight excluding hydrogens is 292 g/mol. The van der Waals surface area contributed by atoms with Gasteiger partial charge in [-0.05, 0) is 49.4 Å². The van der Waals surface area contributed by atoms with Crippen LogP contribution in [0.1, 0.15) is 29.6 Å². The molecule has 1 saturated carbocycles. The molecule has 2 rings (SSSR count). The van der Waals surface area contributed by atoms with E-state index in [4.69, 9.17) is 11.6 Å². The van der Waals surface area contributed by atoms with Crippen LogP contribution in [0.15, 0.2) is 24.3 Å². The van der Waals surface area contributed by atoms with Gasteiger partial charge < -0.3 is 15.7 Å². The summed E-state index contributed by atoms with van der Waals surface area (Å²) in [5, 5.41) is 15.3. The molecule has 5 nitrogen and oxygen atoms in total. The fourth-order valence-corrected chi connectivity index (χ4v) is 2.54. The van der Waals surface area contributed by atoms with Crippen LogP contribution < -0.4 is 10.6 Å². The molecule has 0 saturated heterocycles. The van der Waals surface area contributed by atoms with Crippen molar-refractivity contribution in [2.45, 2.75) is 25.4 Å². The van der Waals surface area contributed by atoms with Crippen molar-refractivity contribution in [2.75, 3.05) is 13.1 Å². The van der Waals surface area contributed by atoms with E-state index in [1.54, 1.807) is 24.3 Å². The minimum Gasteiger partial charge on any atom is -0.393 e. The van der Waals surface area contributed by atoms with Gasteiger partial charge in [0.2, 0.25) is 5.91 Å².